The molecule has 2 heterocycles. The Kier molecular flexibility index (Phi) is 3.63. The van der Waals surface area contributed by atoms with Crippen molar-refractivity contribution < 1.29 is 14.2 Å². The molecule has 7 heteroatoms. The molecule has 0 saturated heterocycles. The molecule has 1 aromatic carbocycles. The van der Waals surface area contributed by atoms with Crippen molar-refractivity contribution in [1.29, 1.82) is 0 Å². The lowest BCUT2D eigenvalue weighted by atomic mass is 10.2. The summed E-state index contributed by atoms with van der Waals surface area (Å²) in [7, 11) is 0. The Morgan fingerprint density at radius 2 is 2.05 bits per heavy atom. The van der Waals surface area contributed by atoms with Crippen LogP contribution in [0, 0.1) is 0 Å². The third-order valence-electron chi connectivity index (χ3n) is 2.93. The Labute approximate surface area is 122 Å². The molecule has 0 bridgehead atoms. The highest BCUT2D eigenvalue weighted by Gasteiger charge is 2.13. The van der Waals surface area contributed by atoms with Crippen LogP contribution in [0.3, 0.4) is 0 Å². The van der Waals surface area contributed by atoms with Gasteiger partial charge in [-0.1, -0.05) is 0 Å². The van der Waals surface area contributed by atoms with Crippen LogP contribution in [0.4, 0.5) is 17.2 Å². The maximum Gasteiger partial charge on any atom is 0.242 e. The van der Waals surface area contributed by atoms with Crippen molar-refractivity contribution in [2.75, 3.05) is 30.9 Å². The zero-order valence-electron chi connectivity index (χ0n) is 11.6. The summed E-state index contributed by atoms with van der Waals surface area (Å²) in [5, 5.41) is 3.13. The highest BCUT2D eigenvalue weighted by Crippen LogP contribution is 2.34. The average molecular weight is 288 g/mol. The van der Waals surface area contributed by atoms with Crippen molar-refractivity contribution in [3.63, 3.8) is 0 Å². The second-order valence-corrected chi connectivity index (χ2v) is 4.36. The largest absolute Gasteiger partial charge is 0.486 e. The Morgan fingerprint density at radius 3 is 2.86 bits per heavy atom. The first-order chi connectivity index (χ1) is 10.3. The fourth-order valence-electron chi connectivity index (χ4n) is 1.99. The first-order valence-electron chi connectivity index (χ1n) is 6.68. The number of fused-ring (bicyclic) bond motifs is 1. The smallest absolute Gasteiger partial charge is 0.242 e. The van der Waals surface area contributed by atoms with E-state index in [1.54, 1.807) is 0 Å². The number of benzene rings is 1. The number of ether oxygens (including phenoxy) is 3. The molecule has 0 atom stereocenters. The van der Waals surface area contributed by atoms with E-state index in [0.29, 0.717) is 43.0 Å². The summed E-state index contributed by atoms with van der Waals surface area (Å²) in [4.78, 5) is 8.13. The SMILES string of the molecule is CCOc1ncnc(Nc2ccc3c(c2)OCCO3)c1N. The van der Waals surface area contributed by atoms with Crippen LogP contribution in [0.2, 0.25) is 0 Å². The summed E-state index contributed by atoms with van der Waals surface area (Å²) in [5.74, 6) is 2.29. The normalized spacial score (nSPS) is 12.8. The van der Waals surface area contributed by atoms with Crippen molar-refractivity contribution >= 4 is 17.2 Å². The molecule has 2 aromatic rings. The Balaban J connectivity index is 1.85. The van der Waals surface area contributed by atoms with Gasteiger partial charge in [0.15, 0.2) is 17.3 Å². The van der Waals surface area contributed by atoms with Gasteiger partial charge in [0.2, 0.25) is 5.88 Å². The van der Waals surface area contributed by atoms with Crippen LogP contribution in [0.1, 0.15) is 6.92 Å². The molecule has 0 fully saturated rings. The predicted molar refractivity (Wildman–Crippen MR) is 78.3 cm³/mol. The first-order valence-corrected chi connectivity index (χ1v) is 6.68. The van der Waals surface area contributed by atoms with Crippen molar-refractivity contribution in [3.05, 3.63) is 24.5 Å². The van der Waals surface area contributed by atoms with Crippen LogP contribution in [0.25, 0.3) is 0 Å². The van der Waals surface area contributed by atoms with Gasteiger partial charge in [-0.3, -0.25) is 0 Å². The van der Waals surface area contributed by atoms with Crippen LogP contribution in [0.5, 0.6) is 17.4 Å². The molecule has 1 aliphatic heterocycles. The molecule has 7 nitrogen and oxygen atoms in total. The molecule has 0 amide bonds. The Morgan fingerprint density at radius 1 is 1.24 bits per heavy atom. The maximum absolute atomic E-state index is 5.99. The third-order valence-corrected chi connectivity index (χ3v) is 2.93. The monoisotopic (exact) mass is 288 g/mol. The lowest BCUT2D eigenvalue weighted by Crippen LogP contribution is -2.15. The molecule has 1 aliphatic rings. The van der Waals surface area contributed by atoms with Crippen molar-refractivity contribution in [1.82, 2.24) is 9.97 Å². The van der Waals surface area contributed by atoms with Gasteiger partial charge in [0.05, 0.1) is 6.61 Å². The van der Waals surface area contributed by atoms with Gasteiger partial charge in [0.25, 0.3) is 0 Å². The molecular weight excluding hydrogens is 272 g/mol. The van der Waals surface area contributed by atoms with Gasteiger partial charge in [-0.25, -0.2) is 4.98 Å². The summed E-state index contributed by atoms with van der Waals surface area (Å²) < 4.78 is 16.4. The average Bonchev–Trinajstić information content (AvgIpc) is 2.51. The van der Waals surface area contributed by atoms with Crippen LogP contribution in [0.15, 0.2) is 24.5 Å². The van der Waals surface area contributed by atoms with E-state index in [1.807, 2.05) is 25.1 Å². The van der Waals surface area contributed by atoms with E-state index in [9.17, 15) is 0 Å². The molecule has 1 aromatic heterocycles. The second kappa shape index (κ2) is 5.74. The number of rotatable bonds is 4. The van der Waals surface area contributed by atoms with Crippen molar-refractivity contribution in [3.8, 4) is 17.4 Å². The fourth-order valence-corrected chi connectivity index (χ4v) is 1.99. The van der Waals surface area contributed by atoms with E-state index in [2.05, 4.69) is 15.3 Å². The summed E-state index contributed by atoms with van der Waals surface area (Å²) in [6.07, 6.45) is 1.40. The van der Waals surface area contributed by atoms with Crippen molar-refractivity contribution in [2.24, 2.45) is 0 Å². The minimum absolute atomic E-state index is 0.368. The molecule has 110 valence electrons. The van der Waals surface area contributed by atoms with Gasteiger partial charge in [-0.2, -0.15) is 4.98 Å². The summed E-state index contributed by atoms with van der Waals surface area (Å²) >= 11 is 0. The number of nitrogens with two attached hydrogens (primary N) is 1. The highest BCUT2D eigenvalue weighted by molar-refractivity contribution is 5.73. The van der Waals surface area contributed by atoms with Gasteiger partial charge in [-0.15, -0.1) is 0 Å². The predicted octanol–water partition coefficient (Wildman–Crippen LogP) is 1.97. The minimum atomic E-state index is 0.368. The van der Waals surface area contributed by atoms with Gasteiger partial charge in [0.1, 0.15) is 25.2 Å². The van der Waals surface area contributed by atoms with Gasteiger partial charge < -0.3 is 25.3 Å². The highest BCUT2D eigenvalue weighted by atomic mass is 16.6. The lowest BCUT2D eigenvalue weighted by Gasteiger charge is -2.19. The molecular formula is C14H16N4O3. The number of hydrogen-bond acceptors (Lipinski definition) is 7. The van der Waals surface area contributed by atoms with E-state index < -0.39 is 0 Å². The Hall–Kier alpha value is -2.70. The number of nitrogens with zero attached hydrogens (tertiary/aromatic N) is 2. The summed E-state index contributed by atoms with van der Waals surface area (Å²) in [6, 6.07) is 5.56. The number of nitrogens with one attached hydrogen (secondary N) is 1. The number of anilines is 3. The zero-order valence-corrected chi connectivity index (χ0v) is 11.6. The minimum Gasteiger partial charge on any atom is -0.486 e. The van der Waals surface area contributed by atoms with E-state index in [1.165, 1.54) is 6.33 Å². The van der Waals surface area contributed by atoms with Gasteiger partial charge >= 0.3 is 0 Å². The van der Waals surface area contributed by atoms with Gasteiger partial charge in [-0.05, 0) is 19.1 Å². The molecule has 0 unspecified atom stereocenters. The van der Waals surface area contributed by atoms with E-state index in [-0.39, 0.29) is 0 Å². The number of aromatic nitrogens is 2. The van der Waals surface area contributed by atoms with E-state index in [0.717, 1.165) is 11.4 Å². The Bertz CT molecular complexity index is 648. The third kappa shape index (κ3) is 2.76. The topological polar surface area (TPSA) is 91.5 Å². The maximum atomic E-state index is 5.99. The summed E-state index contributed by atoms with van der Waals surface area (Å²) in [6.45, 7) is 3.47. The van der Waals surface area contributed by atoms with Crippen LogP contribution in [-0.4, -0.2) is 29.8 Å². The van der Waals surface area contributed by atoms with Crippen LogP contribution in [-0.2, 0) is 0 Å². The van der Waals surface area contributed by atoms with Crippen LogP contribution < -0.4 is 25.3 Å². The van der Waals surface area contributed by atoms with E-state index in [4.69, 9.17) is 19.9 Å². The van der Waals surface area contributed by atoms with E-state index >= 15 is 0 Å². The fraction of sp³-hybridized carbons (Fsp3) is 0.286. The molecule has 21 heavy (non-hydrogen) atoms. The molecule has 0 spiro atoms. The zero-order chi connectivity index (χ0) is 14.7. The van der Waals surface area contributed by atoms with Crippen LogP contribution >= 0.6 is 0 Å². The lowest BCUT2D eigenvalue weighted by molar-refractivity contribution is 0.171. The molecule has 3 rings (SSSR count). The van der Waals surface area contributed by atoms with Gasteiger partial charge in [0, 0.05) is 11.8 Å². The molecule has 3 N–H and O–H groups in total. The first kappa shape index (κ1) is 13.3. The molecule has 0 saturated carbocycles. The second-order valence-electron chi connectivity index (χ2n) is 4.36. The standard InChI is InChI=1S/C14H16N4O3/c1-2-19-14-12(15)13(16-8-17-14)18-9-3-4-10-11(7-9)21-6-5-20-10/h3-4,7-8H,2,5-6,15H2,1H3,(H,16,17,18). The number of hydrogen-bond donors (Lipinski definition) is 2. The number of nitrogen functional groups attached to an aromatic ring is 1. The molecule has 0 aliphatic carbocycles. The summed E-state index contributed by atoms with van der Waals surface area (Å²) in [5.41, 5.74) is 7.15. The molecule has 0 radical (unpaired) electrons. The van der Waals surface area contributed by atoms with Crippen molar-refractivity contribution in [2.45, 2.75) is 6.92 Å². The quantitative estimate of drug-likeness (QED) is 0.888.